The molecule has 1 aliphatic heterocycles. The van der Waals surface area contributed by atoms with E-state index < -0.39 is 5.60 Å². The van der Waals surface area contributed by atoms with Crippen molar-refractivity contribution in [2.75, 3.05) is 20.3 Å². The van der Waals surface area contributed by atoms with Gasteiger partial charge in [0.2, 0.25) is 0 Å². The fourth-order valence-corrected chi connectivity index (χ4v) is 4.04. The van der Waals surface area contributed by atoms with E-state index in [1.807, 2.05) is 41.1 Å². The average molecular weight is 405 g/mol. The third kappa shape index (κ3) is 4.39. The number of benzene rings is 2. The number of methoxy groups -OCH3 is 1. The SMILES string of the molecule is COc1ccccc1-c1cccc(CC2(C(=O)NCCn3ccnc3)CCCO2)c1. The first-order valence-electron chi connectivity index (χ1n) is 10.3. The minimum Gasteiger partial charge on any atom is -0.496 e. The van der Waals surface area contributed by atoms with Crippen molar-refractivity contribution in [3.8, 4) is 16.9 Å². The Balaban J connectivity index is 1.49. The molecule has 3 aromatic rings. The van der Waals surface area contributed by atoms with E-state index in [1.54, 1.807) is 19.6 Å². The maximum atomic E-state index is 13.1. The summed E-state index contributed by atoms with van der Waals surface area (Å²) >= 11 is 0. The van der Waals surface area contributed by atoms with Gasteiger partial charge in [-0.15, -0.1) is 0 Å². The fourth-order valence-electron chi connectivity index (χ4n) is 4.04. The van der Waals surface area contributed by atoms with Gasteiger partial charge in [-0.3, -0.25) is 4.79 Å². The molecule has 1 N–H and O–H groups in total. The smallest absolute Gasteiger partial charge is 0.252 e. The van der Waals surface area contributed by atoms with Gasteiger partial charge >= 0.3 is 0 Å². The molecule has 2 heterocycles. The van der Waals surface area contributed by atoms with Gasteiger partial charge in [-0.05, 0) is 30.0 Å². The zero-order chi connectivity index (χ0) is 20.8. The molecule has 0 aliphatic carbocycles. The van der Waals surface area contributed by atoms with Crippen molar-refractivity contribution >= 4 is 5.91 Å². The number of carbonyl (C=O) groups is 1. The first-order chi connectivity index (χ1) is 14.7. The van der Waals surface area contributed by atoms with Gasteiger partial charge in [0.05, 0.1) is 13.4 Å². The molecular weight excluding hydrogens is 378 g/mol. The first-order valence-corrected chi connectivity index (χ1v) is 10.3. The topological polar surface area (TPSA) is 65.4 Å². The van der Waals surface area contributed by atoms with Crippen LogP contribution in [0.4, 0.5) is 0 Å². The summed E-state index contributed by atoms with van der Waals surface area (Å²) in [5.74, 6) is 0.793. The molecule has 1 amide bonds. The molecular formula is C24H27N3O3. The Morgan fingerprint density at radius 2 is 2.17 bits per heavy atom. The van der Waals surface area contributed by atoms with Crippen LogP contribution in [0.2, 0.25) is 0 Å². The van der Waals surface area contributed by atoms with Crippen LogP contribution < -0.4 is 10.1 Å². The van der Waals surface area contributed by atoms with Gasteiger partial charge < -0.3 is 19.4 Å². The molecule has 4 rings (SSSR count). The van der Waals surface area contributed by atoms with E-state index in [9.17, 15) is 4.79 Å². The van der Waals surface area contributed by atoms with Crippen LogP contribution in [0.3, 0.4) is 0 Å². The molecule has 30 heavy (non-hydrogen) atoms. The van der Waals surface area contributed by atoms with Gasteiger partial charge in [-0.2, -0.15) is 0 Å². The maximum absolute atomic E-state index is 13.1. The van der Waals surface area contributed by atoms with Crippen molar-refractivity contribution in [3.63, 3.8) is 0 Å². The second-order valence-electron chi connectivity index (χ2n) is 7.58. The number of carbonyl (C=O) groups excluding carboxylic acids is 1. The van der Waals surface area contributed by atoms with Crippen LogP contribution >= 0.6 is 0 Å². The molecule has 1 fully saturated rings. The van der Waals surface area contributed by atoms with E-state index >= 15 is 0 Å². The van der Waals surface area contributed by atoms with Crippen molar-refractivity contribution in [1.82, 2.24) is 14.9 Å². The molecule has 0 bridgehead atoms. The average Bonchev–Trinajstić information content (AvgIpc) is 3.47. The van der Waals surface area contributed by atoms with Crippen LogP contribution in [0.1, 0.15) is 18.4 Å². The molecule has 1 atom stereocenters. The van der Waals surface area contributed by atoms with Crippen LogP contribution in [0.25, 0.3) is 11.1 Å². The second kappa shape index (κ2) is 9.13. The number of imidazole rings is 1. The lowest BCUT2D eigenvalue weighted by Crippen LogP contribution is -2.48. The van der Waals surface area contributed by atoms with Gasteiger partial charge in [-0.25, -0.2) is 4.98 Å². The van der Waals surface area contributed by atoms with Gasteiger partial charge in [0.1, 0.15) is 5.75 Å². The van der Waals surface area contributed by atoms with Crippen molar-refractivity contribution in [3.05, 3.63) is 72.8 Å². The number of hydrogen-bond donors (Lipinski definition) is 1. The van der Waals surface area contributed by atoms with Crippen molar-refractivity contribution in [2.45, 2.75) is 31.4 Å². The Labute approximate surface area is 176 Å². The van der Waals surface area contributed by atoms with Gasteiger partial charge in [0.25, 0.3) is 5.91 Å². The van der Waals surface area contributed by atoms with E-state index in [0.29, 0.717) is 26.1 Å². The maximum Gasteiger partial charge on any atom is 0.252 e. The number of hydrogen-bond acceptors (Lipinski definition) is 4. The lowest BCUT2D eigenvalue weighted by molar-refractivity contribution is -0.141. The molecule has 6 heteroatoms. The number of nitrogens with one attached hydrogen (secondary N) is 1. The molecule has 1 unspecified atom stereocenters. The summed E-state index contributed by atoms with van der Waals surface area (Å²) in [6, 6.07) is 16.2. The number of rotatable bonds is 8. The standard InChI is InChI=1S/C24H27N3O3/c1-29-22-9-3-2-8-21(22)20-7-4-6-19(16-20)17-24(10-5-15-30-24)23(28)26-12-14-27-13-11-25-18-27/h2-4,6-9,11,13,16,18H,5,10,12,14-15,17H2,1H3,(H,26,28). The lowest BCUT2D eigenvalue weighted by Gasteiger charge is -2.27. The summed E-state index contributed by atoms with van der Waals surface area (Å²) in [4.78, 5) is 17.1. The predicted octanol–water partition coefficient (Wildman–Crippen LogP) is 3.47. The van der Waals surface area contributed by atoms with E-state index in [2.05, 4.69) is 28.5 Å². The fraction of sp³-hybridized carbons (Fsp3) is 0.333. The number of para-hydroxylation sites is 1. The molecule has 0 radical (unpaired) electrons. The van der Waals surface area contributed by atoms with Crippen molar-refractivity contribution in [1.29, 1.82) is 0 Å². The minimum absolute atomic E-state index is 0.0391. The van der Waals surface area contributed by atoms with E-state index in [4.69, 9.17) is 9.47 Å². The van der Waals surface area contributed by atoms with E-state index in [-0.39, 0.29) is 5.91 Å². The normalized spacial score (nSPS) is 18.3. The van der Waals surface area contributed by atoms with Crippen molar-refractivity contribution in [2.24, 2.45) is 0 Å². The van der Waals surface area contributed by atoms with E-state index in [1.165, 1.54) is 0 Å². The predicted molar refractivity (Wildman–Crippen MR) is 115 cm³/mol. The Hall–Kier alpha value is -3.12. The number of ether oxygens (including phenoxy) is 2. The summed E-state index contributed by atoms with van der Waals surface area (Å²) in [5.41, 5.74) is 2.37. The summed E-state index contributed by atoms with van der Waals surface area (Å²) in [6.07, 6.45) is 7.53. The molecule has 1 aromatic heterocycles. The number of nitrogens with zero attached hydrogens (tertiary/aromatic N) is 2. The Morgan fingerprint density at radius 1 is 1.27 bits per heavy atom. The second-order valence-corrected chi connectivity index (χ2v) is 7.58. The van der Waals surface area contributed by atoms with E-state index in [0.717, 1.165) is 35.3 Å². The molecule has 156 valence electrons. The molecule has 1 saturated heterocycles. The molecule has 1 aliphatic rings. The molecule has 0 spiro atoms. The summed E-state index contributed by atoms with van der Waals surface area (Å²) < 4.78 is 13.5. The summed E-state index contributed by atoms with van der Waals surface area (Å²) in [5, 5.41) is 3.06. The monoisotopic (exact) mass is 405 g/mol. The zero-order valence-electron chi connectivity index (χ0n) is 17.2. The van der Waals surface area contributed by atoms with Gasteiger partial charge in [0, 0.05) is 44.1 Å². The molecule has 2 aromatic carbocycles. The summed E-state index contributed by atoms with van der Waals surface area (Å²) in [7, 11) is 1.68. The van der Waals surface area contributed by atoms with Crippen LogP contribution in [0.15, 0.2) is 67.3 Å². The van der Waals surface area contributed by atoms with Crippen LogP contribution in [-0.4, -0.2) is 41.3 Å². The Bertz CT molecular complexity index is 979. The minimum atomic E-state index is -0.811. The third-order valence-corrected chi connectivity index (χ3v) is 5.57. The Kier molecular flexibility index (Phi) is 6.14. The highest BCUT2D eigenvalue weighted by Gasteiger charge is 2.42. The van der Waals surface area contributed by atoms with Gasteiger partial charge in [-0.1, -0.05) is 42.5 Å². The number of amides is 1. The molecule has 6 nitrogen and oxygen atoms in total. The molecule has 0 saturated carbocycles. The van der Waals surface area contributed by atoms with Crippen LogP contribution in [-0.2, 0) is 22.5 Å². The van der Waals surface area contributed by atoms with Crippen molar-refractivity contribution < 1.29 is 14.3 Å². The number of aromatic nitrogens is 2. The highest BCUT2D eigenvalue weighted by atomic mass is 16.5. The lowest BCUT2D eigenvalue weighted by atomic mass is 9.89. The van der Waals surface area contributed by atoms with Gasteiger partial charge in [0.15, 0.2) is 5.60 Å². The van der Waals surface area contributed by atoms with Crippen LogP contribution in [0, 0.1) is 0 Å². The zero-order valence-corrected chi connectivity index (χ0v) is 17.2. The third-order valence-electron chi connectivity index (χ3n) is 5.57. The quantitative estimate of drug-likeness (QED) is 0.623. The highest BCUT2D eigenvalue weighted by Crippen LogP contribution is 2.33. The highest BCUT2D eigenvalue weighted by molar-refractivity contribution is 5.86. The van der Waals surface area contributed by atoms with Crippen LogP contribution in [0.5, 0.6) is 5.75 Å². The first kappa shape index (κ1) is 20.2. The largest absolute Gasteiger partial charge is 0.496 e. The Morgan fingerprint density at radius 3 is 2.93 bits per heavy atom. The summed E-state index contributed by atoms with van der Waals surface area (Å²) in [6.45, 7) is 1.84.